The van der Waals surface area contributed by atoms with Gasteiger partial charge in [0.05, 0.1) is 17.2 Å². The third kappa shape index (κ3) is 5.02. The average molecular weight is 347 g/mol. The molecule has 7 nitrogen and oxygen atoms in total. The number of rotatable bonds is 6. The van der Waals surface area contributed by atoms with Gasteiger partial charge in [-0.15, -0.1) is 11.3 Å². The van der Waals surface area contributed by atoms with E-state index >= 15 is 0 Å². The van der Waals surface area contributed by atoms with Crippen LogP contribution in [0.4, 0.5) is 5.69 Å². The molecule has 0 saturated heterocycles. The quantitative estimate of drug-likeness (QED) is 0.363. The molecule has 24 heavy (non-hydrogen) atoms. The Labute approximate surface area is 145 Å². The van der Waals surface area contributed by atoms with Crippen LogP contribution in [-0.4, -0.2) is 22.9 Å². The van der Waals surface area contributed by atoms with Crippen LogP contribution in [0.2, 0.25) is 0 Å². The summed E-state index contributed by atoms with van der Waals surface area (Å²) < 4.78 is 0. The molecule has 2 N–H and O–H groups in total. The third-order valence-electron chi connectivity index (χ3n) is 3.40. The summed E-state index contributed by atoms with van der Waals surface area (Å²) in [4.78, 5) is 19.0. The van der Waals surface area contributed by atoms with Gasteiger partial charge >= 0.3 is 0 Å². The lowest BCUT2D eigenvalue weighted by atomic mass is 10.2. The molecule has 0 amide bonds. The summed E-state index contributed by atoms with van der Waals surface area (Å²) in [6.45, 7) is 5.39. The first kappa shape index (κ1) is 17.9. The number of thiazole rings is 1. The van der Waals surface area contributed by atoms with Crippen LogP contribution in [0, 0.1) is 10.1 Å². The van der Waals surface area contributed by atoms with Gasteiger partial charge in [0.2, 0.25) is 0 Å². The van der Waals surface area contributed by atoms with Crippen LogP contribution in [0.25, 0.3) is 0 Å². The van der Waals surface area contributed by atoms with Crippen molar-refractivity contribution in [2.24, 2.45) is 4.99 Å². The molecule has 8 heteroatoms. The molecule has 1 aromatic carbocycles. The van der Waals surface area contributed by atoms with Crippen LogP contribution in [0.1, 0.15) is 36.0 Å². The minimum absolute atomic E-state index is 0.0889. The molecular formula is C16H21N5O2S. The van der Waals surface area contributed by atoms with Gasteiger partial charge < -0.3 is 10.6 Å². The van der Waals surface area contributed by atoms with E-state index in [4.69, 9.17) is 0 Å². The van der Waals surface area contributed by atoms with E-state index in [2.05, 4.69) is 39.8 Å². The van der Waals surface area contributed by atoms with Gasteiger partial charge in [-0.25, -0.2) is 4.98 Å². The Hall–Kier alpha value is -2.48. The number of non-ortho nitro benzene ring substituents is 1. The molecule has 0 fully saturated rings. The fourth-order valence-corrected chi connectivity index (χ4v) is 2.87. The van der Waals surface area contributed by atoms with E-state index in [1.807, 2.05) is 0 Å². The lowest BCUT2D eigenvalue weighted by Crippen LogP contribution is -2.36. The average Bonchev–Trinajstić information content (AvgIpc) is 3.04. The monoisotopic (exact) mass is 347 g/mol. The Morgan fingerprint density at radius 2 is 1.96 bits per heavy atom. The van der Waals surface area contributed by atoms with Gasteiger partial charge in [0.15, 0.2) is 5.96 Å². The molecule has 0 saturated carbocycles. The van der Waals surface area contributed by atoms with E-state index in [0.717, 1.165) is 16.3 Å². The van der Waals surface area contributed by atoms with Crippen LogP contribution < -0.4 is 10.6 Å². The zero-order chi connectivity index (χ0) is 17.5. The topological polar surface area (TPSA) is 92.5 Å². The van der Waals surface area contributed by atoms with Crippen molar-refractivity contribution in [1.82, 2.24) is 15.6 Å². The fourth-order valence-electron chi connectivity index (χ4n) is 1.97. The van der Waals surface area contributed by atoms with Crippen molar-refractivity contribution in [3.63, 3.8) is 0 Å². The molecule has 0 radical (unpaired) electrons. The number of aliphatic imine (C=N–C) groups is 1. The van der Waals surface area contributed by atoms with Crippen molar-refractivity contribution in [1.29, 1.82) is 0 Å². The highest BCUT2D eigenvalue weighted by molar-refractivity contribution is 7.09. The third-order valence-corrected chi connectivity index (χ3v) is 4.27. The summed E-state index contributed by atoms with van der Waals surface area (Å²) in [6.07, 6.45) is 0. The molecule has 1 aromatic heterocycles. The molecule has 2 aromatic rings. The largest absolute Gasteiger partial charge is 0.352 e. The van der Waals surface area contributed by atoms with Crippen LogP contribution in [0.5, 0.6) is 0 Å². The summed E-state index contributed by atoms with van der Waals surface area (Å²) >= 11 is 1.63. The second kappa shape index (κ2) is 8.39. The molecule has 0 aliphatic rings. The number of nitrogens with zero attached hydrogens (tertiary/aromatic N) is 3. The molecule has 0 aliphatic carbocycles. The summed E-state index contributed by atoms with van der Waals surface area (Å²) in [6, 6.07) is 6.45. The zero-order valence-corrected chi connectivity index (χ0v) is 14.8. The Balaban J connectivity index is 1.84. The predicted octanol–water partition coefficient (Wildman–Crippen LogP) is 3.04. The van der Waals surface area contributed by atoms with E-state index in [1.54, 1.807) is 30.5 Å². The fraction of sp³-hybridized carbons (Fsp3) is 0.375. The normalized spacial score (nSPS) is 11.6. The molecular weight excluding hydrogens is 326 g/mol. The Morgan fingerprint density at radius 3 is 2.50 bits per heavy atom. The van der Waals surface area contributed by atoms with Crippen molar-refractivity contribution in [3.8, 4) is 0 Å². The van der Waals surface area contributed by atoms with E-state index < -0.39 is 4.92 Å². The SMILES string of the molecule is CN=C(NCc1ccc([N+](=O)[O-])cc1)NCc1nc(C(C)C)cs1. The number of nitro groups is 1. The number of hydrogen-bond donors (Lipinski definition) is 2. The minimum Gasteiger partial charge on any atom is -0.352 e. The number of nitro benzene ring substituents is 1. The van der Waals surface area contributed by atoms with Crippen molar-refractivity contribution in [3.05, 3.63) is 56.0 Å². The first-order valence-corrected chi connectivity index (χ1v) is 8.49. The van der Waals surface area contributed by atoms with Crippen LogP contribution in [0.15, 0.2) is 34.6 Å². The maximum absolute atomic E-state index is 10.6. The summed E-state index contributed by atoms with van der Waals surface area (Å²) in [7, 11) is 1.70. The number of hydrogen-bond acceptors (Lipinski definition) is 5. The van der Waals surface area contributed by atoms with Gasteiger partial charge in [-0.05, 0) is 11.5 Å². The molecule has 128 valence electrons. The minimum atomic E-state index is -0.406. The number of nitrogens with one attached hydrogen (secondary N) is 2. The predicted molar refractivity (Wildman–Crippen MR) is 96.3 cm³/mol. The van der Waals surface area contributed by atoms with Gasteiger partial charge in [-0.1, -0.05) is 26.0 Å². The zero-order valence-electron chi connectivity index (χ0n) is 13.9. The molecule has 0 aliphatic heterocycles. The van der Waals surface area contributed by atoms with Crippen molar-refractivity contribution in [2.45, 2.75) is 32.9 Å². The highest BCUT2D eigenvalue weighted by Gasteiger charge is 2.07. The summed E-state index contributed by atoms with van der Waals surface area (Å²) in [5.41, 5.74) is 2.14. The number of aromatic nitrogens is 1. The molecule has 0 spiro atoms. The van der Waals surface area contributed by atoms with Gasteiger partial charge in [0.1, 0.15) is 5.01 Å². The van der Waals surface area contributed by atoms with Gasteiger partial charge in [-0.2, -0.15) is 0 Å². The Bertz CT molecular complexity index is 710. The number of benzene rings is 1. The van der Waals surface area contributed by atoms with Crippen molar-refractivity contribution in [2.75, 3.05) is 7.05 Å². The second-order valence-corrected chi connectivity index (χ2v) is 6.47. The van der Waals surface area contributed by atoms with Gasteiger partial charge in [-0.3, -0.25) is 15.1 Å². The number of guanidine groups is 1. The standard InChI is InChI=1S/C16H21N5O2S/c1-11(2)14-10-24-15(20-14)9-19-16(17-3)18-8-12-4-6-13(7-5-12)21(22)23/h4-7,10-11H,8-9H2,1-3H3,(H2,17,18,19). The van der Waals surface area contributed by atoms with Crippen molar-refractivity contribution < 1.29 is 4.92 Å². The van der Waals surface area contributed by atoms with E-state index in [-0.39, 0.29) is 5.69 Å². The highest BCUT2D eigenvalue weighted by atomic mass is 32.1. The maximum atomic E-state index is 10.6. The van der Waals surface area contributed by atoms with E-state index in [0.29, 0.717) is 25.0 Å². The Morgan fingerprint density at radius 1 is 1.29 bits per heavy atom. The lowest BCUT2D eigenvalue weighted by molar-refractivity contribution is -0.384. The Kier molecular flexibility index (Phi) is 6.25. The molecule has 0 unspecified atom stereocenters. The molecule has 1 heterocycles. The summed E-state index contributed by atoms with van der Waals surface area (Å²) in [5, 5.41) is 20.1. The molecule has 0 atom stereocenters. The van der Waals surface area contributed by atoms with Crippen LogP contribution >= 0.6 is 11.3 Å². The molecule has 2 rings (SSSR count). The highest BCUT2D eigenvalue weighted by Crippen LogP contribution is 2.17. The summed E-state index contributed by atoms with van der Waals surface area (Å²) in [5.74, 6) is 1.09. The smallest absolute Gasteiger partial charge is 0.269 e. The lowest BCUT2D eigenvalue weighted by Gasteiger charge is -2.11. The first-order valence-electron chi connectivity index (χ1n) is 7.61. The maximum Gasteiger partial charge on any atom is 0.269 e. The van der Waals surface area contributed by atoms with E-state index in [9.17, 15) is 10.1 Å². The van der Waals surface area contributed by atoms with Gasteiger partial charge in [0, 0.05) is 31.1 Å². The first-order chi connectivity index (χ1) is 11.5. The van der Waals surface area contributed by atoms with Crippen LogP contribution in [0.3, 0.4) is 0 Å². The van der Waals surface area contributed by atoms with Crippen molar-refractivity contribution >= 4 is 23.0 Å². The van der Waals surface area contributed by atoms with Gasteiger partial charge in [0.25, 0.3) is 5.69 Å². The van der Waals surface area contributed by atoms with E-state index in [1.165, 1.54) is 12.1 Å². The second-order valence-electron chi connectivity index (χ2n) is 5.52. The van der Waals surface area contributed by atoms with Crippen LogP contribution in [-0.2, 0) is 13.1 Å². The molecule has 0 bridgehead atoms.